The van der Waals surface area contributed by atoms with Gasteiger partial charge in [0.1, 0.15) is 11.1 Å². The average Bonchev–Trinajstić information content (AvgIpc) is 2.46. The summed E-state index contributed by atoms with van der Waals surface area (Å²) >= 11 is 5.89. The minimum Gasteiger partial charge on any atom is -0.385 e. The van der Waals surface area contributed by atoms with Crippen LogP contribution in [0.25, 0.3) is 0 Å². The van der Waals surface area contributed by atoms with Crippen molar-refractivity contribution in [3.05, 3.63) is 29.8 Å². The van der Waals surface area contributed by atoms with Gasteiger partial charge in [-0.3, -0.25) is 4.79 Å². The molecule has 0 saturated heterocycles. The number of methoxy groups -OCH3 is 1. The molecule has 0 unspecified atom stereocenters. The molecule has 0 saturated carbocycles. The maximum atomic E-state index is 12.1. The van der Waals surface area contributed by atoms with Gasteiger partial charge in [-0.25, -0.2) is 0 Å². The predicted molar refractivity (Wildman–Crippen MR) is 89.1 cm³/mol. The van der Waals surface area contributed by atoms with Crippen molar-refractivity contribution in [2.75, 3.05) is 26.5 Å². The Hall–Kier alpha value is -1.31. The van der Waals surface area contributed by atoms with Gasteiger partial charge in [0.25, 0.3) is 0 Å². The Kier molecular flexibility index (Phi) is 7.81. The highest BCUT2D eigenvalue weighted by Gasteiger charge is 2.18. The molecule has 0 radical (unpaired) electrons. The summed E-state index contributed by atoms with van der Waals surface area (Å²) in [4.78, 5) is 13.8. The molecule has 1 aromatic rings. The third-order valence-corrected chi connectivity index (χ3v) is 3.65. The highest BCUT2D eigenvalue weighted by atomic mass is 35.5. The van der Waals surface area contributed by atoms with Crippen molar-refractivity contribution < 1.29 is 22.1 Å². The van der Waals surface area contributed by atoms with Crippen LogP contribution in [-0.2, 0) is 26.2 Å². The standard InChI is InChI=1S/C15H22ClNO5S/c1-12(16)15(18)17(9-4-10-21-2)11-13-5-7-14(8-6-13)22-23(3,19)20/h5-8,12H,4,9-11H2,1-3H3/t12-/m1/s1. The Morgan fingerprint density at radius 2 is 1.91 bits per heavy atom. The number of rotatable bonds is 9. The highest BCUT2D eigenvalue weighted by Crippen LogP contribution is 2.16. The van der Waals surface area contributed by atoms with Gasteiger partial charge in [0.05, 0.1) is 6.26 Å². The summed E-state index contributed by atoms with van der Waals surface area (Å²) < 4.78 is 31.9. The number of ether oxygens (including phenoxy) is 1. The fraction of sp³-hybridized carbons (Fsp3) is 0.533. The Balaban J connectivity index is 2.76. The predicted octanol–water partition coefficient (Wildman–Crippen LogP) is 2.02. The van der Waals surface area contributed by atoms with Gasteiger partial charge in [0, 0.05) is 26.8 Å². The second-order valence-electron chi connectivity index (χ2n) is 5.15. The summed E-state index contributed by atoms with van der Waals surface area (Å²) in [6, 6.07) is 6.54. The van der Waals surface area contributed by atoms with Crippen LogP contribution in [0.4, 0.5) is 0 Å². The zero-order chi connectivity index (χ0) is 17.5. The number of hydrogen-bond donors (Lipinski definition) is 0. The summed E-state index contributed by atoms with van der Waals surface area (Å²) in [5, 5.41) is -0.606. The maximum Gasteiger partial charge on any atom is 0.306 e. The molecule has 6 nitrogen and oxygen atoms in total. The van der Waals surface area contributed by atoms with Crippen LogP contribution in [0.3, 0.4) is 0 Å². The van der Waals surface area contributed by atoms with Crippen molar-refractivity contribution in [3.63, 3.8) is 0 Å². The van der Waals surface area contributed by atoms with Crippen molar-refractivity contribution in [1.82, 2.24) is 4.90 Å². The van der Waals surface area contributed by atoms with E-state index in [4.69, 9.17) is 20.5 Å². The van der Waals surface area contributed by atoms with Gasteiger partial charge in [0.2, 0.25) is 5.91 Å². The number of nitrogens with zero attached hydrogens (tertiary/aromatic N) is 1. The van der Waals surface area contributed by atoms with Gasteiger partial charge in [-0.05, 0) is 31.0 Å². The molecule has 130 valence electrons. The van der Waals surface area contributed by atoms with E-state index in [0.717, 1.165) is 11.8 Å². The molecule has 0 bridgehead atoms. The SMILES string of the molecule is COCCCN(Cc1ccc(OS(C)(=O)=O)cc1)C(=O)[C@@H](C)Cl. The number of carbonyl (C=O) groups is 1. The highest BCUT2D eigenvalue weighted by molar-refractivity contribution is 7.86. The van der Waals surface area contributed by atoms with Gasteiger partial charge in [-0.1, -0.05) is 12.1 Å². The van der Waals surface area contributed by atoms with E-state index in [0.29, 0.717) is 26.1 Å². The first kappa shape index (κ1) is 19.7. The molecule has 0 aliphatic carbocycles. The third kappa shape index (κ3) is 7.67. The maximum absolute atomic E-state index is 12.1. The van der Waals surface area contributed by atoms with Gasteiger partial charge in [-0.2, -0.15) is 8.42 Å². The first-order valence-corrected chi connectivity index (χ1v) is 9.38. The molecule has 23 heavy (non-hydrogen) atoms. The Labute approximate surface area is 142 Å². The summed E-state index contributed by atoms with van der Waals surface area (Å²) in [7, 11) is -1.94. The van der Waals surface area contributed by atoms with Crippen LogP contribution in [0.15, 0.2) is 24.3 Å². The van der Waals surface area contributed by atoms with E-state index in [1.165, 1.54) is 0 Å². The lowest BCUT2D eigenvalue weighted by Crippen LogP contribution is -2.36. The largest absolute Gasteiger partial charge is 0.385 e. The molecule has 1 rings (SSSR count). The average molecular weight is 364 g/mol. The van der Waals surface area contributed by atoms with Crippen LogP contribution < -0.4 is 4.18 Å². The van der Waals surface area contributed by atoms with Crippen LogP contribution in [-0.4, -0.2) is 51.1 Å². The zero-order valence-electron chi connectivity index (χ0n) is 13.5. The molecule has 0 fully saturated rings. The molecule has 1 amide bonds. The normalized spacial score (nSPS) is 12.7. The van der Waals surface area contributed by atoms with Crippen molar-refractivity contribution in [2.24, 2.45) is 0 Å². The number of benzene rings is 1. The van der Waals surface area contributed by atoms with E-state index in [-0.39, 0.29) is 11.7 Å². The summed E-state index contributed by atoms with van der Waals surface area (Å²) in [5.74, 6) is 0.0819. The van der Waals surface area contributed by atoms with Gasteiger partial charge < -0.3 is 13.8 Å². The second-order valence-corrected chi connectivity index (χ2v) is 7.38. The molecule has 8 heteroatoms. The molecule has 0 aliphatic rings. The van der Waals surface area contributed by atoms with Crippen LogP contribution in [0.2, 0.25) is 0 Å². The molecule has 0 spiro atoms. The van der Waals surface area contributed by atoms with E-state index in [9.17, 15) is 13.2 Å². The monoisotopic (exact) mass is 363 g/mol. The molecule has 0 N–H and O–H groups in total. The first-order chi connectivity index (χ1) is 10.7. The topological polar surface area (TPSA) is 72.9 Å². The van der Waals surface area contributed by atoms with E-state index in [1.54, 1.807) is 43.2 Å². The Morgan fingerprint density at radius 1 is 1.30 bits per heavy atom. The number of hydrogen-bond acceptors (Lipinski definition) is 5. The molecule has 1 atom stereocenters. The van der Waals surface area contributed by atoms with Crippen LogP contribution in [0.1, 0.15) is 18.9 Å². The molecule has 0 aliphatic heterocycles. The van der Waals surface area contributed by atoms with Crippen LogP contribution >= 0.6 is 11.6 Å². The summed E-state index contributed by atoms with van der Waals surface area (Å²) in [6.45, 7) is 3.11. The smallest absolute Gasteiger partial charge is 0.306 e. The van der Waals surface area contributed by atoms with Crippen molar-refractivity contribution in [1.29, 1.82) is 0 Å². The van der Waals surface area contributed by atoms with Crippen LogP contribution in [0, 0.1) is 0 Å². The van der Waals surface area contributed by atoms with Crippen molar-refractivity contribution in [2.45, 2.75) is 25.3 Å². The van der Waals surface area contributed by atoms with E-state index >= 15 is 0 Å². The number of amides is 1. The zero-order valence-corrected chi connectivity index (χ0v) is 15.1. The van der Waals surface area contributed by atoms with Gasteiger partial charge in [-0.15, -0.1) is 11.6 Å². The third-order valence-electron chi connectivity index (χ3n) is 2.97. The number of halogens is 1. The molecule has 0 aromatic heterocycles. The number of alkyl halides is 1. The lowest BCUT2D eigenvalue weighted by Gasteiger charge is -2.24. The van der Waals surface area contributed by atoms with Crippen molar-refractivity contribution >= 4 is 27.6 Å². The summed E-state index contributed by atoms with van der Waals surface area (Å²) in [6.07, 6.45) is 1.69. The fourth-order valence-electron chi connectivity index (χ4n) is 1.96. The van der Waals surface area contributed by atoms with Gasteiger partial charge >= 0.3 is 10.1 Å². The van der Waals surface area contributed by atoms with Gasteiger partial charge in [0.15, 0.2) is 0 Å². The summed E-state index contributed by atoms with van der Waals surface area (Å²) in [5.41, 5.74) is 0.855. The number of carbonyl (C=O) groups excluding carboxylic acids is 1. The first-order valence-electron chi connectivity index (χ1n) is 7.13. The van der Waals surface area contributed by atoms with E-state index in [2.05, 4.69) is 0 Å². The van der Waals surface area contributed by atoms with E-state index < -0.39 is 15.5 Å². The molecular formula is C15H22ClNO5S. The fourth-order valence-corrected chi connectivity index (χ4v) is 2.56. The molecule has 0 heterocycles. The molecular weight excluding hydrogens is 342 g/mol. The minimum atomic E-state index is -3.55. The lowest BCUT2D eigenvalue weighted by molar-refractivity contribution is -0.131. The Bertz CT molecular complexity index is 601. The van der Waals surface area contributed by atoms with Crippen LogP contribution in [0.5, 0.6) is 5.75 Å². The minimum absolute atomic E-state index is 0.153. The lowest BCUT2D eigenvalue weighted by atomic mass is 10.2. The van der Waals surface area contributed by atoms with E-state index in [1.807, 2.05) is 0 Å². The molecule has 1 aromatic carbocycles. The quantitative estimate of drug-likeness (QED) is 0.381. The second kappa shape index (κ2) is 9.10. The van der Waals surface area contributed by atoms with Crippen molar-refractivity contribution in [3.8, 4) is 5.75 Å². The Morgan fingerprint density at radius 3 is 2.39 bits per heavy atom.